The first-order valence-electron chi connectivity index (χ1n) is 10.2. The molecular weight excluding hydrogens is 382 g/mol. The van der Waals surface area contributed by atoms with E-state index in [1.165, 1.54) is 5.56 Å². The number of nitrogens with zero attached hydrogens (tertiary/aromatic N) is 1. The van der Waals surface area contributed by atoms with Crippen molar-refractivity contribution in [1.29, 1.82) is 0 Å². The van der Waals surface area contributed by atoms with Crippen LogP contribution in [0.25, 0.3) is 0 Å². The maximum atomic E-state index is 12.6. The molecule has 1 fully saturated rings. The second kappa shape index (κ2) is 10.5. The molecule has 3 rings (SSSR count). The quantitative estimate of drug-likeness (QED) is 0.495. The van der Waals surface area contributed by atoms with Gasteiger partial charge in [0, 0.05) is 18.2 Å². The Morgan fingerprint density at radius 3 is 2.41 bits per heavy atom. The van der Waals surface area contributed by atoms with Gasteiger partial charge in [0.2, 0.25) is 0 Å². The van der Waals surface area contributed by atoms with E-state index in [4.69, 9.17) is 4.74 Å². The number of carbonyl (C=O) groups excluding carboxylic acids is 2. The van der Waals surface area contributed by atoms with Crippen molar-refractivity contribution < 1.29 is 14.3 Å². The lowest BCUT2D eigenvalue weighted by Crippen LogP contribution is -2.37. The summed E-state index contributed by atoms with van der Waals surface area (Å²) in [5, 5.41) is 0. The topological polar surface area (TPSA) is 46.6 Å². The zero-order valence-electron chi connectivity index (χ0n) is 17.1. The Kier molecular flexibility index (Phi) is 7.76. The van der Waals surface area contributed by atoms with Gasteiger partial charge in [-0.15, -0.1) is 0 Å². The Bertz CT molecular complexity index is 783. The smallest absolute Gasteiger partial charge is 0.410 e. The van der Waals surface area contributed by atoms with Gasteiger partial charge in [-0.25, -0.2) is 4.79 Å². The Hall–Kier alpha value is -2.27. The number of ether oxygens (including phenoxy) is 1. The molecule has 2 unspecified atom stereocenters. The monoisotopic (exact) mass is 411 g/mol. The van der Waals surface area contributed by atoms with E-state index in [1.807, 2.05) is 79.0 Å². The number of thioether (sulfide) groups is 1. The summed E-state index contributed by atoms with van der Waals surface area (Å²) in [6.45, 7) is 4.60. The van der Waals surface area contributed by atoms with Crippen LogP contribution in [-0.4, -0.2) is 35.6 Å². The SMILES string of the molecule is CC(C=O)CC(CSCc1ccccc1)CN1C(=O)O[C@H](c2ccccc2)[C@H]1C. The highest BCUT2D eigenvalue weighted by Crippen LogP contribution is 2.34. The Morgan fingerprint density at radius 2 is 1.76 bits per heavy atom. The summed E-state index contributed by atoms with van der Waals surface area (Å²) < 4.78 is 5.69. The number of amides is 1. The van der Waals surface area contributed by atoms with E-state index < -0.39 is 0 Å². The number of cyclic esters (lactones) is 1. The fraction of sp³-hybridized carbons (Fsp3) is 0.417. The fourth-order valence-corrected chi connectivity index (χ4v) is 4.93. The van der Waals surface area contributed by atoms with Crippen LogP contribution in [0, 0.1) is 11.8 Å². The van der Waals surface area contributed by atoms with Crippen molar-refractivity contribution in [3.05, 3.63) is 71.8 Å². The lowest BCUT2D eigenvalue weighted by atomic mass is 9.96. The van der Waals surface area contributed by atoms with Gasteiger partial charge >= 0.3 is 6.09 Å². The molecule has 0 aliphatic carbocycles. The third kappa shape index (κ3) is 5.86. The predicted molar refractivity (Wildman–Crippen MR) is 118 cm³/mol. The van der Waals surface area contributed by atoms with Crippen LogP contribution in [0.3, 0.4) is 0 Å². The molecule has 0 bridgehead atoms. The van der Waals surface area contributed by atoms with Gasteiger partial charge < -0.3 is 14.4 Å². The number of benzene rings is 2. The highest BCUT2D eigenvalue weighted by molar-refractivity contribution is 7.98. The van der Waals surface area contributed by atoms with E-state index in [-0.39, 0.29) is 30.1 Å². The summed E-state index contributed by atoms with van der Waals surface area (Å²) in [5.41, 5.74) is 2.31. The van der Waals surface area contributed by atoms with Crippen LogP contribution in [-0.2, 0) is 15.3 Å². The Labute approximate surface area is 177 Å². The summed E-state index contributed by atoms with van der Waals surface area (Å²) in [4.78, 5) is 25.6. The maximum Gasteiger partial charge on any atom is 0.410 e. The van der Waals surface area contributed by atoms with Crippen molar-refractivity contribution in [2.45, 2.75) is 38.2 Å². The van der Waals surface area contributed by atoms with Gasteiger partial charge in [-0.05, 0) is 36.1 Å². The van der Waals surface area contributed by atoms with Crippen molar-refractivity contribution in [3.8, 4) is 0 Å². The minimum atomic E-state index is -0.261. The molecule has 5 heteroatoms. The van der Waals surface area contributed by atoms with Crippen molar-refractivity contribution in [2.75, 3.05) is 12.3 Å². The Morgan fingerprint density at radius 1 is 1.10 bits per heavy atom. The molecule has 1 heterocycles. The Balaban J connectivity index is 1.63. The summed E-state index contributed by atoms with van der Waals surface area (Å²) in [6.07, 6.45) is 1.28. The zero-order chi connectivity index (χ0) is 20.6. The van der Waals surface area contributed by atoms with E-state index in [0.29, 0.717) is 6.54 Å². The molecule has 1 amide bonds. The summed E-state index contributed by atoms with van der Waals surface area (Å²) >= 11 is 1.86. The van der Waals surface area contributed by atoms with E-state index in [9.17, 15) is 9.59 Å². The molecule has 1 saturated heterocycles. The molecule has 1 aliphatic heterocycles. The predicted octanol–water partition coefficient (Wildman–Crippen LogP) is 5.34. The number of rotatable bonds is 10. The first kappa shape index (κ1) is 21.4. The van der Waals surface area contributed by atoms with Crippen LogP contribution in [0.4, 0.5) is 4.79 Å². The lowest BCUT2D eigenvalue weighted by molar-refractivity contribution is -0.111. The van der Waals surface area contributed by atoms with Crippen LogP contribution in [0.5, 0.6) is 0 Å². The molecule has 2 aromatic rings. The van der Waals surface area contributed by atoms with E-state index in [2.05, 4.69) is 12.1 Å². The van der Waals surface area contributed by atoms with Crippen LogP contribution in [0.15, 0.2) is 60.7 Å². The van der Waals surface area contributed by atoms with E-state index in [0.717, 1.165) is 29.8 Å². The average molecular weight is 412 g/mol. The van der Waals surface area contributed by atoms with E-state index in [1.54, 1.807) is 0 Å². The molecular formula is C24H29NO3S. The van der Waals surface area contributed by atoms with Crippen LogP contribution in [0.1, 0.15) is 37.5 Å². The van der Waals surface area contributed by atoms with Gasteiger partial charge in [0.15, 0.2) is 0 Å². The molecule has 2 aromatic carbocycles. The van der Waals surface area contributed by atoms with Gasteiger partial charge in [0.05, 0.1) is 6.04 Å². The highest BCUT2D eigenvalue weighted by Gasteiger charge is 2.40. The summed E-state index contributed by atoms with van der Waals surface area (Å²) in [5.74, 6) is 2.06. The normalized spacial score (nSPS) is 20.9. The standard InChI is InChI=1S/C24H29NO3S/c1-18(15-26)13-21(17-29-16-20-9-5-3-6-10-20)14-25-19(2)23(28-24(25)27)22-11-7-4-8-12-22/h3-12,15,18-19,21,23H,13-14,16-17H2,1-2H3/t18?,19-,21?,23+/m1/s1. The van der Waals surface area contributed by atoms with Crippen molar-refractivity contribution in [1.82, 2.24) is 4.90 Å². The van der Waals surface area contributed by atoms with Crippen molar-refractivity contribution in [2.24, 2.45) is 11.8 Å². The molecule has 0 saturated carbocycles. The molecule has 4 atom stereocenters. The first-order valence-corrected chi connectivity index (χ1v) is 11.3. The van der Waals surface area contributed by atoms with E-state index >= 15 is 0 Å². The fourth-order valence-electron chi connectivity index (χ4n) is 3.81. The van der Waals surface area contributed by atoms with Gasteiger partial charge in [0.25, 0.3) is 0 Å². The largest absolute Gasteiger partial charge is 0.439 e. The van der Waals surface area contributed by atoms with Gasteiger partial charge in [0.1, 0.15) is 12.4 Å². The molecule has 29 heavy (non-hydrogen) atoms. The van der Waals surface area contributed by atoms with Gasteiger partial charge in [-0.2, -0.15) is 11.8 Å². The van der Waals surface area contributed by atoms with Crippen LogP contribution >= 0.6 is 11.8 Å². The first-order chi connectivity index (χ1) is 14.1. The molecule has 0 radical (unpaired) electrons. The minimum absolute atomic E-state index is 0.0174. The second-order valence-electron chi connectivity index (χ2n) is 7.82. The molecule has 4 nitrogen and oxygen atoms in total. The summed E-state index contributed by atoms with van der Waals surface area (Å²) in [6, 6.07) is 20.2. The molecule has 154 valence electrons. The number of hydrogen-bond donors (Lipinski definition) is 0. The minimum Gasteiger partial charge on any atom is -0.439 e. The lowest BCUT2D eigenvalue weighted by Gasteiger charge is -2.27. The van der Waals surface area contributed by atoms with Gasteiger partial charge in [-0.1, -0.05) is 67.6 Å². The number of aldehydes is 1. The molecule has 1 aliphatic rings. The van der Waals surface area contributed by atoms with Crippen LogP contribution < -0.4 is 0 Å². The number of hydrogen-bond acceptors (Lipinski definition) is 4. The summed E-state index contributed by atoms with van der Waals surface area (Å²) in [7, 11) is 0. The maximum absolute atomic E-state index is 12.6. The molecule has 0 spiro atoms. The zero-order valence-corrected chi connectivity index (χ0v) is 17.9. The highest BCUT2D eigenvalue weighted by atomic mass is 32.2. The third-order valence-corrected chi connectivity index (χ3v) is 6.62. The third-order valence-electron chi connectivity index (χ3n) is 5.38. The molecule has 0 N–H and O–H groups in total. The van der Waals surface area contributed by atoms with Crippen molar-refractivity contribution >= 4 is 24.1 Å². The average Bonchev–Trinajstić information content (AvgIpc) is 3.03. The molecule has 0 aromatic heterocycles. The number of carbonyl (C=O) groups is 2. The van der Waals surface area contributed by atoms with Gasteiger partial charge in [-0.3, -0.25) is 0 Å². The second-order valence-corrected chi connectivity index (χ2v) is 8.85. The van der Waals surface area contributed by atoms with Crippen LogP contribution in [0.2, 0.25) is 0 Å². The van der Waals surface area contributed by atoms with Crippen molar-refractivity contribution in [3.63, 3.8) is 0 Å².